The van der Waals surface area contributed by atoms with Crippen molar-refractivity contribution in [1.29, 1.82) is 5.41 Å². The van der Waals surface area contributed by atoms with Gasteiger partial charge >= 0.3 is 0 Å². The molecule has 2 fully saturated rings. The van der Waals surface area contributed by atoms with Gasteiger partial charge in [-0.1, -0.05) is 13.0 Å². The number of aromatic amines is 1. The van der Waals surface area contributed by atoms with Crippen molar-refractivity contribution in [3.8, 4) is 11.4 Å². The van der Waals surface area contributed by atoms with Crippen LogP contribution < -0.4 is 15.8 Å². The number of ether oxygens (including phenoxy) is 1. The van der Waals surface area contributed by atoms with E-state index in [0.717, 1.165) is 19.3 Å². The van der Waals surface area contributed by atoms with E-state index < -0.39 is 5.41 Å². The first kappa shape index (κ1) is 27.0. The lowest BCUT2D eigenvalue weighted by Crippen LogP contribution is -2.45. The van der Waals surface area contributed by atoms with Gasteiger partial charge in [-0.15, -0.1) is 0 Å². The summed E-state index contributed by atoms with van der Waals surface area (Å²) in [5.74, 6) is 0.631. The normalized spacial score (nSPS) is 18.9. The highest BCUT2D eigenvalue weighted by molar-refractivity contribution is 5.97. The predicted molar refractivity (Wildman–Crippen MR) is 153 cm³/mol. The molecule has 2 saturated heterocycles. The molecule has 0 bridgehead atoms. The number of nitrogens with one attached hydrogen (secondary N) is 3. The van der Waals surface area contributed by atoms with Gasteiger partial charge in [-0.2, -0.15) is 5.10 Å². The fourth-order valence-electron chi connectivity index (χ4n) is 5.51. The Labute approximate surface area is 235 Å². The highest BCUT2D eigenvalue weighted by atomic mass is 19.1. The maximum atomic E-state index is 13.3. The quantitative estimate of drug-likeness (QED) is 0.203. The number of H-pyrrole nitrogens is 1. The van der Waals surface area contributed by atoms with E-state index in [4.69, 9.17) is 25.2 Å². The highest BCUT2D eigenvalue weighted by Crippen LogP contribution is 2.37. The van der Waals surface area contributed by atoms with Crippen LogP contribution in [0.2, 0.25) is 0 Å². The van der Waals surface area contributed by atoms with E-state index in [1.807, 2.05) is 6.92 Å². The Hall–Kier alpha value is -4.16. The summed E-state index contributed by atoms with van der Waals surface area (Å²) in [5, 5.41) is 27.0. The monoisotopic (exact) mass is 560 g/mol. The number of aliphatic hydroxyl groups excluding tert-OH is 1. The van der Waals surface area contributed by atoms with Crippen molar-refractivity contribution in [3.63, 3.8) is 0 Å². The average molecular weight is 561 g/mol. The smallest absolute Gasteiger partial charge is 0.248 e. The molecule has 0 saturated carbocycles. The summed E-state index contributed by atoms with van der Waals surface area (Å²) in [6, 6.07) is 10.9. The molecule has 41 heavy (non-hydrogen) atoms. The lowest BCUT2D eigenvalue weighted by atomic mass is 9.79. The molecule has 4 aromatic rings. The summed E-state index contributed by atoms with van der Waals surface area (Å²) in [7, 11) is 0. The number of amidine groups is 1. The van der Waals surface area contributed by atoms with Crippen LogP contribution in [0.15, 0.2) is 47.3 Å². The Morgan fingerprint density at radius 1 is 1.20 bits per heavy atom. The number of aliphatic hydroxyl groups is 1. The van der Waals surface area contributed by atoms with Gasteiger partial charge in [0.05, 0.1) is 12.3 Å². The zero-order chi connectivity index (χ0) is 28.6. The molecule has 5 heterocycles. The van der Waals surface area contributed by atoms with Gasteiger partial charge in [0, 0.05) is 36.9 Å². The minimum absolute atomic E-state index is 0.248. The maximum Gasteiger partial charge on any atom is 0.248 e. The van der Waals surface area contributed by atoms with Crippen molar-refractivity contribution in [2.45, 2.75) is 51.9 Å². The van der Waals surface area contributed by atoms with Crippen LogP contribution in [0.3, 0.4) is 0 Å². The Kier molecular flexibility index (Phi) is 7.26. The number of pyridine rings is 1. The summed E-state index contributed by atoms with van der Waals surface area (Å²) in [6.07, 6.45) is 3.81. The van der Waals surface area contributed by atoms with Crippen LogP contribution in [0, 0.1) is 16.6 Å². The second kappa shape index (κ2) is 11.0. The molecule has 214 valence electrons. The van der Waals surface area contributed by atoms with Crippen molar-refractivity contribution < 1.29 is 14.2 Å². The van der Waals surface area contributed by atoms with E-state index >= 15 is 0 Å². The standard InChI is InChI=1S/C29H33FN8O3/c1-29(28(31)32-19-10-8-18(30)9-11-19)12-14-37(15-13-29)26-21(17-39)34-25-24(20-5-4-6-22(40)33-20)36-38(27(25)35-26)23-7-2-3-16-41-23/h4-6,8-11,23,39H,2-3,7,12-17H2,1H3,(H2,31,32)(H,33,40). The van der Waals surface area contributed by atoms with Crippen molar-refractivity contribution in [1.82, 2.24) is 24.7 Å². The number of benzene rings is 1. The molecule has 1 aromatic carbocycles. The summed E-state index contributed by atoms with van der Waals surface area (Å²) in [4.78, 5) is 26.8. The zero-order valence-corrected chi connectivity index (χ0v) is 22.9. The highest BCUT2D eigenvalue weighted by Gasteiger charge is 2.36. The molecule has 1 atom stereocenters. The number of hydrogen-bond acceptors (Lipinski definition) is 8. The van der Waals surface area contributed by atoms with Crippen LogP contribution in [-0.4, -0.2) is 55.4 Å². The van der Waals surface area contributed by atoms with Gasteiger partial charge in [0.15, 0.2) is 17.7 Å². The molecule has 3 aromatic heterocycles. The van der Waals surface area contributed by atoms with E-state index in [1.165, 1.54) is 18.2 Å². The number of anilines is 2. The van der Waals surface area contributed by atoms with Gasteiger partial charge in [-0.25, -0.2) is 19.0 Å². The molecule has 12 heteroatoms. The third kappa shape index (κ3) is 5.32. The second-order valence-electron chi connectivity index (χ2n) is 10.9. The molecule has 4 N–H and O–H groups in total. The molecule has 0 amide bonds. The van der Waals surface area contributed by atoms with Gasteiger partial charge in [-0.05, 0) is 62.4 Å². The first-order valence-electron chi connectivity index (χ1n) is 13.9. The first-order valence-corrected chi connectivity index (χ1v) is 13.9. The lowest BCUT2D eigenvalue weighted by molar-refractivity contribution is -0.0368. The molecule has 6 rings (SSSR count). The number of piperidine rings is 1. The van der Waals surface area contributed by atoms with E-state index in [9.17, 15) is 14.3 Å². The second-order valence-corrected chi connectivity index (χ2v) is 10.9. The number of halogens is 1. The fraction of sp³-hybridized carbons (Fsp3) is 0.414. The van der Waals surface area contributed by atoms with Gasteiger partial charge in [0.1, 0.15) is 28.6 Å². The average Bonchev–Trinajstić information content (AvgIpc) is 3.37. The number of nitrogens with zero attached hydrogens (tertiary/aromatic N) is 5. The van der Waals surface area contributed by atoms with Gasteiger partial charge < -0.3 is 25.0 Å². The van der Waals surface area contributed by atoms with Gasteiger partial charge in [0.2, 0.25) is 5.56 Å². The molecule has 2 aliphatic heterocycles. The summed E-state index contributed by atoms with van der Waals surface area (Å²) in [5.41, 5.74) is 2.45. The Balaban J connectivity index is 1.32. The summed E-state index contributed by atoms with van der Waals surface area (Å²) < 4.78 is 21.1. The van der Waals surface area contributed by atoms with Crippen LogP contribution >= 0.6 is 0 Å². The fourth-order valence-corrected chi connectivity index (χ4v) is 5.51. The third-order valence-electron chi connectivity index (χ3n) is 8.06. The van der Waals surface area contributed by atoms with E-state index in [2.05, 4.69) is 15.2 Å². The largest absolute Gasteiger partial charge is 0.390 e. The van der Waals surface area contributed by atoms with Gasteiger partial charge in [-0.3, -0.25) is 10.2 Å². The number of hydrogen-bond donors (Lipinski definition) is 4. The third-order valence-corrected chi connectivity index (χ3v) is 8.06. The molecule has 0 radical (unpaired) electrons. The first-order chi connectivity index (χ1) is 19.8. The van der Waals surface area contributed by atoms with Crippen LogP contribution in [0.4, 0.5) is 15.9 Å². The van der Waals surface area contributed by atoms with E-state index in [-0.39, 0.29) is 24.2 Å². The summed E-state index contributed by atoms with van der Waals surface area (Å²) in [6.45, 7) is 3.56. The SMILES string of the molecule is CC1(C(=N)Nc2ccc(F)cc2)CCN(c2nc3c(nc2CO)c(-c2cccc(=O)[nH]2)nn3C2CCCCO2)CC1. The Bertz CT molecular complexity index is 1620. The predicted octanol–water partition coefficient (Wildman–Crippen LogP) is 4.21. The van der Waals surface area contributed by atoms with Crippen molar-refractivity contribution in [3.05, 3.63) is 64.3 Å². The number of rotatable bonds is 6. The van der Waals surface area contributed by atoms with E-state index in [1.54, 1.807) is 28.9 Å². The topological polar surface area (TPSA) is 145 Å². The Morgan fingerprint density at radius 2 is 1.98 bits per heavy atom. The van der Waals surface area contributed by atoms with Crippen LogP contribution in [-0.2, 0) is 11.3 Å². The zero-order valence-electron chi connectivity index (χ0n) is 22.9. The molecule has 0 spiro atoms. The van der Waals surface area contributed by atoms with Crippen molar-refractivity contribution in [2.24, 2.45) is 5.41 Å². The van der Waals surface area contributed by atoms with Crippen molar-refractivity contribution in [2.75, 3.05) is 29.9 Å². The van der Waals surface area contributed by atoms with Gasteiger partial charge in [0.25, 0.3) is 0 Å². The van der Waals surface area contributed by atoms with E-state index in [0.29, 0.717) is 78.1 Å². The van der Waals surface area contributed by atoms with Crippen molar-refractivity contribution >= 4 is 28.5 Å². The molecule has 1 unspecified atom stereocenters. The molecule has 11 nitrogen and oxygen atoms in total. The molecular weight excluding hydrogens is 527 g/mol. The van der Waals surface area contributed by atoms with Crippen LogP contribution in [0.25, 0.3) is 22.6 Å². The Morgan fingerprint density at radius 3 is 2.66 bits per heavy atom. The summed E-state index contributed by atoms with van der Waals surface area (Å²) >= 11 is 0. The molecular formula is C29H33FN8O3. The lowest BCUT2D eigenvalue weighted by Gasteiger charge is -2.40. The molecule has 2 aliphatic rings. The minimum atomic E-state index is -0.411. The minimum Gasteiger partial charge on any atom is -0.390 e. The van der Waals surface area contributed by atoms with Crippen LogP contribution in [0.5, 0.6) is 0 Å². The number of aromatic nitrogens is 5. The van der Waals surface area contributed by atoms with Crippen LogP contribution in [0.1, 0.15) is 50.9 Å². The maximum absolute atomic E-state index is 13.3. The number of fused-ring (bicyclic) bond motifs is 1. The molecule has 0 aliphatic carbocycles.